The Kier molecular flexibility index (Phi) is 6.13. The lowest BCUT2D eigenvalue weighted by atomic mass is 9.81. The molecule has 0 spiro atoms. The van der Waals surface area contributed by atoms with Gasteiger partial charge in [-0.1, -0.05) is 26.8 Å². The molecule has 2 aromatic rings. The Morgan fingerprint density at radius 1 is 1.03 bits per heavy atom. The molecular weight excluding hydrogens is 399 g/mol. The average Bonchev–Trinajstić information content (AvgIpc) is 3.15. The molecule has 1 heterocycles. The second-order valence-corrected chi connectivity index (χ2v) is 8.66. The summed E-state index contributed by atoms with van der Waals surface area (Å²) in [5.74, 6) is -0.732. The van der Waals surface area contributed by atoms with Crippen LogP contribution in [-0.2, 0) is 17.9 Å². The van der Waals surface area contributed by atoms with Crippen LogP contribution in [0.4, 0.5) is 14.9 Å². The Labute approximate surface area is 181 Å². The maximum absolute atomic E-state index is 13.4. The summed E-state index contributed by atoms with van der Waals surface area (Å²) in [5.41, 5.74) is 0.821. The van der Waals surface area contributed by atoms with Gasteiger partial charge in [0, 0.05) is 29.8 Å². The van der Waals surface area contributed by atoms with Crippen LogP contribution in [0.25, 0.3) is 0 Å². The Morgan fingerprint density at radius 3 is 2.26 bits per heavy atom. The van der Waals surface area contributed by atoms with Crippen molar-refractivity contribution in [3.63, 3.8) is 0 Å². The van der Waals surface area contributed by atoms with E-state index in [9.17, 15) is 18.8 Å². The van der Waals surface area contributed by atoms with Crippen LogP contribution in [0.1, 0.15) is 42.3 Å². The first-order chi connectivity index (χ1) is 14.6. The van der Waals surface area contributed by atoms with E-state index >= 15 is 0 Å². The summed E-state index contributed by atoms with van der Waals surface area (Å²) in [7, 11) is 1.61. The minimum atomic E-state index is -1.22. The molecule has 0 aliphatic carbocycles. The third kappa shape index (κ3) is 4.59. The van der Waals surface area contributed by atoms with Crippen LogP contribution in [0.3, 0.4) is 0 Å². The first kappa shape index (κ1) is 22.4. The summed E-state index contributed by atoms with van der Waals surface area (Å²) in [6.45, 7) is 6.29. The van der Waals surface area contributed by atoms with Gasteiger partial charge < -0.3 is 15.5 Å². The number of aldehydes is 1. The predicted octanol–water partition coefficient (Wildman–Crippen LogP) is 3.26. The molecular formula is C23H27FN4O3. The van der Waals surface area contributed by atoms with E-state index in [1.807, 2.05) is 20.8 Å². The van der Waals surface area contributed by atoms with Crippen LogP contribution >= 0.6 is 0 Å². The third-order valence-electron chi connectivity index (χ3n) is 5.64. The molecule has 1 aliphatic heterocycles. The van der Waals surface area contributed by atoms with Crippen molar-refractivity contribution < 1.29 is 18.8 Å². The van der Waals surface area contributed by atoms with E-state index in [0.29, 0.717) is 30.6 Å². The molecule has 3 N–H and O–H groups in total. The number of rotatable bonds is 5. The molecule has 0 saturated carbocycles. The largest absolute Gasteiger partial charge is 0.327 e. The number of nitrogens with one attached hydrogen (secondary N) is 3. The van der Waals surface area contributed by atoms with Crippen LogP contribution in [0, 0.1) is 11.2 Å². The maximum atomic E-state index is 13.4. The Balaban J connectivity index is 1.64. The second kappa shape index (κ2) is 8.47. The van der Waals surface area contributed by atoms with Gasteiger partial charge >= 0.3 is 6.03 Å². The van der Waals surface area contributed by atoms with Gasteiger partial charge in [0.15, 0.2) is 11.9 Å². The highest BCUT2D eigenvalue weighted by molar-refractivity contribution is 5.97. The Bertz CT molecular complexity index is 1000. The number of carbonyl (C=O) groups excluding carboxylic acids is 3. The molecule has 1 aliphatic rings. The number of benzene rings is 2. The van der Waals surface area contributed by atoms with E-state index in [4.69, 9.17) is 0 Å². The molecule has 31 heavy (non-hydrogen) atoms. The topological polar surface area (TPSA) is 90.5 Å². The van der Waals surface area contributed by atoms with Crippen LogP contribution in [0.2, 0.25) is 0 Å². The van der Waals surface area contributed by atoms with Gasteiger partial charge in [-0.3, -0.25) is 14.9 Å². The number of carbonyl (C=O) groups is 3. The molecule has 0 fully saturated rings. The zero-order chi connectivity index (χ0) is 22.8. The van der Waals surface area contributed by atoms with E-state index in [1.165, 1.54) is 12.1 Å². The Morgan fingerprint density at radius 2 is 1.68 bits per heavy atom. The van der Waals surface area contributed by atoms with Crippen molar-refractivity contribution in [2.75, 3.05) is 12.4 Å². The average molecular weight is 426 g/mol. The van der Waals surface area contributed by atoms with Gasteiger partial charge in [0.25, 0.3) is 5.91 Å². The highest BCUT2D eigenvalue weighted by atomic mass is 19.1. The molecule has 0 radical (unpaired) electrons. The quantitative estimate of drug-likeness (QED) is 0.506. The number of urea groups is 1. The monoisotopic (exact) mass is 426 g/mol. The molecule has 7 nitrogen and oxygen atoms in total. The van der Waals surface area contributed by atoms with Crippen LogP contribution in [0.15, 0.2) is 42.5 Å². The fraction of sp³-hybridized carbons (Fsp3) is 0.348. The summed E-state index contributed by atoms with van der Waals surface area (Å²) in [5, 5.41) is 8.45. The van der Waals surface area contributed by atoms with Gasteiger partial charge in [0.2, 0.25) is 0 Å². The first-order valence-corrected chi connectivity index (χ1v) is 9.99. The molecule has 0 saturated heterocycles. The van der Waals surface area contributed by atoms with Gasteiger partial charge in [-0.15, -0.1) is 0 Å². The number of fused-ring (bicyclic) bond motifs is 1. The molecule has 164 valence electrons. The van der Waals surface area contributed by atoms with Crippen molar-refractivity contribution in [3.05, 3.63) is 65.0 Å². The fourth-order valence-corrected chi connectivity index (χ4v) is 3.56. The highest BCUT2D eigenvalue weighted by Gasteiger charge is 2.42. The standard InChI is InChI=1S/C23H27FN4O3/c1-22(2,3)23(14-29,25-4)27-20(30)15-6-9-19(10-7-15)26-21(31)28-12-16-5-8-18(24)11-17(16)13-28/h5-11,14,25H,12-13H2,1-4H3,(H,26,31)(H,27,30)/t23-/m1/s1. The molecule has 3 rings (SSSR count). The predicted molar refractivity (Wildman–Crippen MR) is 116 cm³/mol. The molecule has 2 aromatic carbocycles. The van der Waals surface area contributed by atoms with Crippen molar-refractivity contribution in [2.45, 2.75) is 39.5 Å². The number of amides is 3. The number of likely N-dealkylation sites (N-methyl/N-ethyl adjacent to an activating group) is 1. The van der Waals surface area contributed by atoms with Crippen molar-refractivity contribution in [3.8, 4) is 0 Å². The number of halogens is 1. The van der Waals surface area contributed by atoms with Gasteiger partial charge in [0.05, 0.1) is 0 Å². The normalized spacial score (nSPS) is 15.1. The summed E-state index contributed by atoms with van der Waals surface area (Å²) in [6, 6.07) is 10.6. The number of hydrogen-bond donors (Lipinski definition) is 3. The van der Waals surface area contributed by atoms with Crippen molar-refractivity contribution >= 4 is 23.9 Å². The van der Waals surface area contributed by atoms with Crippen molar-refractivity contribution in [2.24, 2.45) is 5.41 Å². The summed E-state index contributed by atoms with van der Waals surface area (Å²) in [4.78, 5) is 38.5. The van der Waals surface area contributed by atoms with E-state index in [0.717, 1.165) is 11.1 Å². The van der Waals surface area contributed by atoms with Crippen LogP contribution < -0.4 is 16.0 Å². The first-order valence-electron chi connectivity index (χ1n) is 9.99. The molecule has 0 unspecified atom stereocenters. The van der Waals surface area contributed by atoms with Gasteiger partial charge in [-0.05, 0) is 54.6 Å². The van der Waals surface area contributed by atoms with Gasteiger partial charge in [-0.25, -0.2) is 9.18 Å². The second-order valence-electron chi connectivity index (χ2n) is 8.66. The van der Waals surface area contributed by atoms with Crippen molar-refractivity contribution in [1.82, 2.24) is 15.5 Å². The van der Waals surface area contributed by atoms with E-state index in [-0.39, 0.29) is 11.8 Å². The van der Waals surface area contributed by atoms with E-state index in [1.54, 1.807) is 42.3 Å². The number of anilines is 1. The fourth-order valence-electron chi connectivity index (χ4n) is 3.56. The zero-order valence-corrected chi connectivity index (χ0v) is 18.1. The zero-order valence-electron chi connectivity index (χ0n) is 18.1. The molecule has 8 heteroatoms. The molecule has 1 atom stereocenters. The SMILES string of the molecule is CN[C@](C=O)(NC(=O)c1ccc(NC(=O)N2Cc3ccc(F)cc3C2)cc1)C(C)(C)C. The summed E-state index contributed by atoms with van der Waals surface area (Å²) >= 11 is 0. The number of nitrogens with zero attached hydrogens (tertiary/aromatic N) is 1. The van der Waals surface area contributed by atoms with Crippen LogP contribution in [-0.4, -0.2) is 35.8 Å². The molecule has 0 aromatic heterocycles. The minimum Gasteiger partial charge on any atom is -0.327 e. The molecule has 0 bridgehead atoms. The summed E-state index contributed by atoms with van der Waals surface area (Å²) in [6.07, 6.45) is 0.694. The van der Waals surface area contributed by atoms with Gasteiger partial charge in [0.1, 0.15) is 5.82 Å². The van der Waals surface area contributed by atoms with Crippen LogP contribution in [0.5, 0.6) is 0 Å². The smallest absolute Gasteiger partial charge is 0.322 e. The number of hydrogen-bond acceptors (Lipinski definition) is 4. The lowest BCUT2D eigenvalue weighted by Gasteiger charge is -2.40. The summed E-state index contributed by atoms with van der Waals surface area (Å²) < 4.78 is 13.4. The third-order valence-corrected chi connectivity index (χ3v) is 5.64. The lowest BCUT2D eigenvalue weighted by molar-refractivity contribution is -0.118. The molecule has 3 amide bonds. The minimum absolute atomic E-state index is 0.309. The highest BCUT2D eigenvalue weighted by Crippen LogP contribution is 2.27. The maximum Gasteiger partial charge on any atom is 0.322 e. The van der Waals surface area contributed by atoms with Crippen molar-refractivity contribution in [1.29, 1.82) is 0 Å². The lowest BCUT2D eigenvalue weighted by Crippen LogP contribution is -2.66. The van der Waals surface area contributed by atoms with E-state index < -0.39 is 17.0 Å². The van der Waals surface area contributed by atoms with Gasteiger partial charge in [-0.2, -0.15) is 0 Å². The Hall–Kier alpha value is -3.26. The van der Waals surface area contributed by atoms with E-state index in [2.05, 4.69) is 16.0 Å².